The minimum absolute atomic E-state index is 0.0502. The van der Waals surface area contributed by atoms with E-state index >= 15 is 0 Å². The van der Waals surface area contributed by atoms with Crippen LogP contribution in [-0.2, 0) is 0 Å². The molecule has 0 aliphatic rings. The number of nitrogens with zero attached hydrogens (tertiary/aromatic N) is 3. The van der Waals surface area contributed by atoms with Crippen LogP contribution in [-0.4, -0.2) is 21.1 Å². The fourth-order valence-electron chi connectivity index (χ4n) is 1.67. The molecule has 6 nitrogen and oxygen atoms in total. The maximum atomic E-state index is 5.64. The summed E-state index contributed by atoms with van der Waals surface area (Å²) in [4.78, 5) is 11.9. The molecule has 1 heterocycles. The number of hydrogen-bond acceptors (Lipinski definition) is 6. The van der Waals surface area contributed by atoms with E-state index in [0.29, 0.717) is 5.75 Å². The maximum Gasteiger partial charge on any atom is 0.330 e. The number of hydrogen-bond donors (Lipinski definition) is 1. The minimum Gasteiger partial charge on any atom is -0.461 e. The lowest BCUT2D eigenvalue weighted by Crippen LogP contribution is -2.11. The Morgan fingerprint density at radius 2 is 1.75 bits per heavy atom. The molecule has 2 aromatic rings. The van der Waals surface area contributed by atoms with E-state index in [4.69, 9.17) is 15.2 Å². The van der Waals surface area contributed by atoms with E-state index in [0.717, 1.165) is 11.1 Å². The first-order valence-electron chi connectivity index (χ1n) is 6.37. The van der Waals surface area contributed by atoms with Crippen molar-refractivity contribution in [3.63, 3.8) is 0 Å². The number of benzene rings is 1. The van der Waals surface area contributed by atoms with Crippen LogP contribution < -0.4 is 15.2 Å². The Balaban J connectivity index is 2.26. The van der Waals surface area contributed by atoms with Gasteiger partial charge in [0.25, 0.3) is 0 Å². The summed E-state index contributed by atoms with van der Waals surface area (Å²) >= 11 is 0. The normalized spacial score (nSPS) is 10.7. The Morgan fingerprint density at radius 3 is 2.40 bits per heavy atom. The van der Waals surface area contributed by atoms with Crippen LogP contribution in [0.3, 0.4) is 0 Å². The minimum atomic E-state index is -0.0502. The van der Waals surface area contributed by atoms with E-state index in [1.165, 1.54) is 0 Å². The van der Waals surface area contributed by atoms with E-state index in [9.17, 15) is 0 Å². The highest BCUT2D eigenvalue weighted by atomic mass is 16.5. The molecule has 0 unspecified atom stereocenters. The summed E-state index contributed by atoms with van der Waals surface area (Å²) in [6, 6.07) is 6.13. The van der Waals surface area contributed by atoms with Crippen LogP contribution in [0.4, 0.5) is 5.95 Å². The number of nitrogen functional groups attached to an aromatic ring is 1. The summed E-state index contributed by atoms with van der Waals surface area (Å²) in [5.74, 6) is 0.743. The van der Waals surface area contributed by atoms with Crippen LogP contribution in [0.1, 0.15) is 25.0 Å². The largest absolute Gasteiger partial charge is 0.461 e. The molecule has 1 aromatic carbocycles. The molecule has 0 atom stereocenters. The van der Waals surface area contributed by atoms with Gasteiger partial charge in [-0.2, -0.15) is 9.97 Å². The third kappa shape index (κ3) is 3.57. The van der Waals surface area contributed by atoms with Gasteiger partial charge >= 0.3 is 12.0 Å². The molecular weight excluding hydrogens is 256 g/mol. The van der Waals surface area contributed by atoms with Gasteiger partial charge in [-0.05, 0) is 39.3 Å². The molecule has 0 bridgehead atoms. The topological polar surface area (TPSA) is 83.2 Å². The Bertz CT molecular complexity index is 614. The second kappa shape index (κ2) is 5.73. The highest BCUT2D eigenvalue weighted by Gasteiger charge is 2.10. The fourth-order valence-corrected chi connectivity index (χ4v) is 1.67. The van der Waals surface area contributed by atoms with Crippen molar-refractivity contribution in [3.8, 4) is 17.8 Å². The smallest absolute Gasteiger partial charge is 0.330 e. The first-order valence-corrected chi connectivity index (χ1v) is 6.37. The molecule has 0 fully saturated rings. The lowest BCUT2D eigenvalue weighted by Gasteiger charge is -2.10. The van der Waals surface area contributed by atoms with E-state index in [1.807, 2.05) is 45.9 Å². The van der Waals surface area contributed by atoms with Crippen LogP contribution in [0, 0.1) is 13.8 Å². The monoisotopic (exact) mass is 274 g/mol. The molecule has 0 radical (unpaired) electrons. The predicted octanol–water partition coefficient (Wildman–Crippen LogP) is 2.65. The molecule has 0 spiro atoms. The molecule has 0 amide bonds. The molecule has 2 N–H and O–H groups in total. The Labute approximate surface area is 118 Å². The SMILES string of the molecule is Cc1ccc(Oc2nc(N)nc(OC(C)C)n2)c(C)c1. The quantitative estimate of drug-likeness (QED) is 0.922. The van der Waals surface area contributed by atoms with Crippen molar-refractivity contribution in [1.82, 2.24) is 15.0 Å². The summed E-state index contributed by atoms with van der Waals surface area (Å²) in [6.07, 6.45) is -0.0502. The zero-order chi connectivity index (χ0) is 14.7. The molecule has 6 heteroatoms. The van der Waals surface area contributed by atoms with Crippen LogP contribution >= 0.6 is 0 Å². The van der Waals surface area contributed by atoms with Gasteiger partial charge < -0.3 is 15.2 Å². The molecule has 20 heavy (non-hydrogen) atoms. The van der Waals surface area contributed by atoms with Crippen LogP contribution in [0.15, 0.2) is 18.2 Å². The number of ether oxygens (including phenoxy) is 2. The summed E-state index contributed by atoms with van der Waals surface area (Å²) in [5, 5.41) is 0. The van der Waals surface area contributed by atoms with Gasteiger partial charge in [0.2, 0.25) is 5.95 Å². The van der Waals surface area contributed by atoms with Crippen molar-refractivity contribution in [2.75, 3.05) is 5.73 Å². The van der Waals surface area contributed by atoms with Crippen molar-refractivity contribution in [1.29, 1.82) is 0 Å². The van der Waals surface area contributed by atoms with Gasteiger partial charge in [-0.25, -0.2) is 0 Å². The van der Waals surface area contributed by atoms with Gasteiger partial charge in [0, 0.05) is 0 Å². The average Bonchev–Trinajstić information content (AvgIpc) is 2.31. The number of aryl methyl sites for hydroxylation is 2. The van der Waals surface area contributed by atoms with Crippen molar-refractivity contribution in [3.05, 3.63) is 29.3 Å². The maximum absolute atomic E-state index is 5.64. The molecule has 2 rings (SSSR count). The Hall–Kier alpha value is -2.37. The first kappa shape index (κ1) is 14.0. The fraction of sp³-hybridized carbons (Fsp3) is 0.357. The van der Waals surface area contributed by atoms with Crippen LogP contribution in [0.25, 0.3) is 0 Å². The van der Waals surface area contributed by atoms with Crippen molar-refractivity contribution < 1.29 is 9.47 Å². The summed E-state index contributed by atoms with van der Waals surface area (Å²) in [5.41, 5.74) is 7.79. The highest BCUT2D eigenvalue weighted by molar-refractivity contribution is 5.37. The second-order valence-electron chi connectivity index (χ2n) is 4.80. The zero-order valence-corrected chi connectivity index (χ0v) is 12.0. The number of nitrogens with two attached hydrogens (primary N) is 1. The number of anilines is 1. The highest BCUT2D eigenvalue weighted by Crippen LogP contribution is 2.24. The molecule has 0 saturated carbocycles. The summed E-state index contributed by atoms with van der Waals surface area (Å²) in [6.45, 7) is 7.74. The lowest BCUT2D eigenvalue weighted by atomic mass is 10.1. The third-order valence-electron chi connectivity index (χ3n) is 2.48. The van der Waals surface area contributed by atoms with Crippen LogP contribution in [0.5, 0.6) is 17.8 Å². The van der Waals surface area contributed by atoms with E-state index in [-0.39, 0.29) is 24.1 Å². The molecule has 0 aliphatic carbocycles. The van der Waals surface area contributed by atoms with Gasteiger partial charge in [-0.1, -0.05) is 17.7 Å². The van der Waals surface area contributed by atoms with E-state index in [1.54, 1.807) is 0 Å². The van der Waals surface area contributed by atoms with Gasteiger partial charge in [-0.3, -0.25) is 0 Å². The zero-order valence-electron chi connectivity index (χ0n) is 12.0. The summed E-state index contributed by atoms with van der Waals surface area (Å²) in [7, 11) is 0. The molecule has 0 aliphatic heterocycles. The molecular formula is C14H18N4O2. The van der Waals surface area contributed by atoms with E-state index in [2.05, 4.69) is 15.0 Å². The van der Waals surface area contributed by atoms with Crippen molar-refractivity contribution >= 4 is 5.95 Å². The average molecular weight is 274 g/mol. The third-order valence-corrected chi connectivity index (χ3v) is 2.48. The van der Waals surface area contributed by atoms with Crippen molar-refractivity contribution in [2.45, 2.75) is 33.8 Å². The Morgan fingerprint density at radius 1 is 1.05 bits per heavy atom. The van der Waals surface area contributed by atoms with Gasteiger partial charge in [0.05, 0.1) is 6.10 Å². The molecule has 1 aromatic heterocycles. The Kier molecular flexibility index (Phi) is 4.02. The first-order chi connectivity index (χ1) is 9.44. The lowest BCUT2D eigenvalue weighted by molar-refractivity contribution is 0.218. The van der Waals surface area contributed by atoms with Crippen molar-refractivity contribution in [2.24, 2.45) is 0 Å². The van der Waals surface area contributed by atoms with Gasteiger partial charge in [0.1, 0.15) is 5.75 Å². The summed E-state index contributed by atoms with van der Waals surface area (Å²) < 4.78 is 11.0. The standard InChI is InChI=1S/C14H18N4O2/c1-8(2)19-13-16-12(15)17-14(18-13)20-11-6-5-9(3)7-10(11)4/h5-8H,1-4H3,(H2,15,16,17,18). The molecule has 106 valence electrons. The van der Waals surface area contributed by atoms with E-state index < -0.39 is 0 Å². The number of rotatable bonds is 4. The van der Waals surface area contributed by atoms with Gasteiger partial charge in [0.15, 0.2) is 0 Å². The number of aromatic nitrogens is 3. The van der Waals surface area contributed by atoms with Gasteiger partial charge in [-0.15, -0.1) is 4.98 Å². The predicted molar refractivity (Wildman–Crippen MR) is 76.0 cm³/mol. The second-order valence-corrected chi connectivity index (χ2v) is 4.80. The molecule has 0 saturated heterocycles. The van der Waals surface area contributed by atoms with Crippen LogP contribution in [0.2, 0.25) is 0 Å².